The first-order chi connectivity index (χ1) is 6.00. The van der Waals surface area contributed by atoms with E-state index in [0.29, 0.717) is 13.1 Å². The molecule has 13 heavy (non-hydrogen) atoms. The number of carbonyl (C=O) groups is 2. The van der Waals surface area contributed by atoms with E-state index >= 15 is 0 Å². The first-order valence-electron chi connectivity index (χ1n) is 4.15. The van der Waals surface area contributed by atoms with Gasteiger partial charge in [0.25, 0.3) is 0 Å². The highest BCUT2D eigenvalue weighted by molar-refractivity contribution is 5.86. The van der Waals surface area contributed by atoms with E-state index in [1.807, 2.05) is 6.92 Å². The standard InChI is InChI=1S/C9H13NO3/c1-6(2)4-10-5-7(9(12)13)3-8(10)11/h7H,1,3-5H2,2H3,(H,12,13)/t7-/m0/s1. The van der Waals surface area contributed by atoms with Crippen LogP contribution in [0, 0.1) is 5.92 Å². The van der Waals surface area contributed by atoms with Gasteiger partial charge in [0.2, 0.25) is 5.91 Å². The summed E-state index contributed by atoms with van der Waals surface area (Å²) in [5.41, 5.74) is 0.874. The van der Waals surface area contributed by atoms with Gasteiger partial charge in [0.05, 0.1) is 5.92 Å². The fourth-order valence-electron chi connectivity index (χ4n) is 1.42. The van der Waals surface area contributed by atoms with Crippen LogP contribution < -0.4 is 0 Å². The molecule has 1 fully saturated rings. The second kappa shape index (κ2) is 3.60. The maximum absolute atomic E-state index is 11.2. The first kappa shape index (κ1) is 9.77. The third kappa shape index (κ3) is 2.31. The highest BCUT2D eigenvalue weighted by atomic mass is 16.4. The van der Waals surface area contributed by atoms with Crippen molar-refractivity contribution in [1.29, 1.82) is 0 Å². The van der Waals surface area contributed by atoms with E-state index in [9.17, 15) is 9.59 Å². The summed E-state index contributed by atoms with van der Waals surface area (Å²) in [5, 5.41) is 8.68. The van der Waals surface area contributed by atoms with Gasteiger partial charge in [0, 0.05) is 19.5 Å². The molecule has 1 rings (SSSR count). The van der Waals surface area contributed by atoms with E-state index in [2.05, 4.69) is 6.58 Å². The molecule has 1 N–H and O–H groups in total. The maximum Gasteiger partial charge on any atom is 0.308 e. The highest BCUT2D eigenvalue weighted by Gasteiger charge is 2.33. The van der Waals surface area contributed by atoms with E-state index in [4.69, 9.17) is 5.11 Å². The molecule has 0 bridgehead atoms. The molecular formula is C9H13NO3. The monoisotopic (exact) mass is 183 g/mol. The molecule has 1 saturated heterocycles. The minimum atomic E-state index is -0.891. The number of hydrogen-bond donors (Lipinski definition) is 1. The molecule has 1 atom stereocenters. The van der Waals surface area contributed by atoms with Crippen molar-refractivity contribution in [2.45, 2.75) is 13.3 Å². The Bertz CT molecular complexity index is 260. The Balaban J connectivity index is 2.56. The molecule has 0 saturated carbocycles. The minimum absolute atomic E-state index is 0.0876. The van der Waals surface area contributed by atoms with Crippen LogP contribution >= 0.6 is 0 Å². The number of amides is 1. The smallest absolute Gasteiger partial charge is 0.308 e. The zero-order chi connectivity index (χ0) is 10.0. The first-order valence-corrected chi connectivity index (χ1v) is 4.15. The summed E-state index contributed by atoms with van der Waals surface area (Å²) in [6.45, 7) is 6.30. The highest BCUT2D eigenvalue weighted by Crippen LogP contribution is 2.18. The summed E-state index contributed by atoms with van der Waals surface area (Å²) in [6, 6.07) is 0. The zero-order valence-corrected chi connectivity index (χ0v) is 7.62. The van der Waals surface area contributed by atoms with E-state index in [0.717, 1.165) is 5.57 Å². The van der Waals surface area contributed by atoms with Gasteiger partial charge < -0.3 is 10.0 Å². The van der Waals surface area contributed by atoms with Gasteiger partial charge in [0.15, 0.2) is 0 Å². The van der Waals surface area contributed by atoms with Gasteiger partial charge >= 0.3 is 5.97 Å². The lowest BCUT2D eigenvalue weighted by Crippen LogP contribution is -2.27. The average molecular weight is 183 g/mol. The topological polar surface area (TPSA) is 57.6 Å². The average Bonchev–Trinajstić information content (AvgIpc) is 2.31. The molecule has 1 heterocycles. The lowest BCUT2D eigenvalue weighted by Gasteiger charge is -2.15. The molecule has 0 aromatic rings. The lowest BCUT2D eigenvalue weighted by atomic mass is 10.1. The Labute approximate surface area is 76.8 Å². The summed E-state index contributed by atoms with van der Waals surface area (Å²) in [4.78, 5) is 23.4. The zero-order valence-electron chi connectivity index (χ0n) is 7.62. The van der Waals surface area contributed by atoms with Crippen molar-refractivity contribution in [2.75, 3.05) is 13.1 Å². The molecular weight excluding hydrogens is 170 g/mol. The SMILES string of the molecule is C=C(C)CN1C[C@@H](C(=O)O)CC1=O. The maximum atomic E-state index is 11.2. The van der Waals surface area contributed by atoms with Crippen LogP contribution in [0.1, 0.15) is 13.3 Å². The molecule has 1 aliphatic rings. The molecule has 4 nitrogen and oxygen atoms in total. The number of nitrogens with zero attached hydrogens (tertiary/aromatic N) is 1. The van der Waals surface area contributed by atoms with E-state index in [1.54, 1.807) is 4.90 Å². The van der Waals surface area contributed by atoms with Gasteiger partial charge in [0.1, 0.15) is 0 Å². The summed E-state index contributed by atoms with van der Waals surface area (Å²) in [5.74, 6) is -1.51. The summed E-state index contributed by atoms with van der Waals surface area (Å²) in [6.07, 6.45) is 0.128. The summed E-state index contributed by atoms with van der Waals surface area (Å²) < 4.78 is 0. The lowest BCUT2D eigenvalue weighted by molar-refractivity contribution is -0.141. The molecule has 0 aromatic carbocycles. The molecule has 72 valence electrons. The molecule has 1 amide bonds. The number of hydrogen-bond acceptors (Lipinski definition) is 2. The molecule has 0 spiro atoms. The van der Waals surface area contributed by atoms with Crippen LogP contribution in [-0.4, -0.2) is 35.0 Å². The van der Waals surface area contributed by atoms with Gasteiger partial charge in [-0.15, -0.1) is 0 Å². The normalized spacial score (nSPS) is 22.1. The Hall–Kier alpha value is -1.32. The van der Waals surface area contributed by atoms with Gasteiger partial charge in [-0.1, -0.05) is 12.2 Å². The number of carbonyl (C=O) groups excluding carboxylic acids is 1. The molecule has 0 radical (unpaired) electrons. The van der Waals surface area contributed by atoms with Crippen molar-refractivity contribution in [3.8, 4) is 0 Å². The number of rotatable bonds is 3. The third-order valence-corrected chi connectivity index (χ3v) is 2.02. The van der Waals surface area contributed by atoms with Gasteiger partial charge in [-0.3, -0.25) is 9.59 Å². The van der Waals surface area contributed by atoms with E-state index in [-0.39, 0.29) is 12.3 Å². The van der Waals surface area contributed by atoms with E-state index < -0.39 is 11.9 Å². The second-order valence-corrected chi connectivity index (χ2v) is 3.47. The Morgan fingerprint density at radius 1 is 1.77 bits per heavy atom. The van der Waals surface area contributed by atoms with Crippen molar-refractivity contribution >= 4 is 11.9 Å². The number of carboxylic acids is 1. The van der Waals surface area contributed by atoms with Crippen molar-refractivity contribution in [3.63, 3.8) is 0 Å². The molecule has 0 aromatic heterocycles. The third-order valence-electron chi connectivity index (χ3n) is 2.02. The Morgan fingerprint density at radius 2 is 2.38 bits per heavy atom. The molecule has 1 aliphatic heterocycles. The van der Waals surface area contributed by atoms with Gasteiger partial charge in [-0.2, -0.15) is 0 Å². The quantitative estimate of drug-likeness (QED) is 0.648. The van der Waals surface area contributed by atoms with Crippen LogP contribution in [0.3, 0.4) is 0 Å². The van der Waals surface area contributed by atoms with Crippen molar-refractivity contribution in [1.82, 2.24) is 4.90 Å². The summed E-state index contributed by atoms with van der Waals surface area (Å²) in [7, 11) is 0. The van der Waals surface area contributed by atoms with Gasteiger partial charge in [-0.25, -0.2) is 0 Å². The Kier molecular flexibility index (Phi) is 2.70. The largest absolute Gasteiger partial charge is 0.481 e. The van der Waals surface area contributed by atoms with Crippen LogP contribution in [0.2, 0.25) is 0 Å². The summed E-state index contributed by atoms with van der Waals surface area (Å²) >= 11 is 0. The Morgan fingerprint density at radius 3 is 2.77 bits per heavy atom. The molecule has 4 heteroatoms. The number of carboxylic acid groups (broad SMARTS) is 1. The van der Waals surface area contributed by atoms with Crippen LogP contribution in [0.5, 0.6) is 0 Å². The van der Waals surface area contributed by atoms with Crippen molar-refractivity contribution < 1.29 is 14.7 Å². The van der Waals surface area contributed by atoms with Crippen LogP contribution in [0.4, 0.5) is 0 Å². The van der Waals surface area contributed by atoms with Crippen molar-refractivity contribution in [3.05, 3.63) is 12.2 Å². The van der Waals surface area contributed by atoms with Crippen molar-refractivity contribution in [2.24, 2.45) is 5.92 Å². The molecule has 0 aliphatic carbocycles. The van der Waals surface area contributed by atoms with Crippen LogP contribution in [0.15, 0.2) is 12.2 Å². The van der Waals surface area contributed by atoms with E-state index in [1.165, 1.54) is 0 Å². The minimum Gasteiger partial charge on any atom is -0.481 e. The van der Waals surface area contributed by atoms with Crippen LogP contribution in [0.25, 0.3) is 0 Å². The molecule has 0 unspecified atom stereocenters. The number of likely N-dealkylation sites (tertiary alicyclic amines) is 1. The van der Waals surface area contributed by atoms with Gasteiger partial charge in [-0.05, 0) is 6.92 Å². The number of aliphatic carboxylic acids is 1. The second-order valence-electron chi connectivity index (χ2n) is 3.47. The van der Waals surface area contributed by atoms with Crippen LogP contribution in [-0.2, 0) is 9.59 Å². The fraction of sp³-hybridized carbons (Fsp3) is 0.556. The fourth-order valence-corrected chi connectivity index (χ4v) is 1.42. The predicted octanol–water partition coefficient (Wildman–Crippen LogP) is 0.496. The predicted molar refractivity (Wildman–Crippen MR) is 47.1 cm³/mol.